The van der Waals surface area contributed by atoms with Crippen molar-refractivity contribution in [2.75, 3.05) is 5.32 Å². The highest BCUT2D eigenvalue weighted by Crippen LogP contribution is 2.34. The first-order valence-corrected chi connectivity index (χ1v) is 11.6. The Labute approximate surface area is 204 Å². The number of nitro benzene ring substituents is 1. The zero-order chi connectivity index (χ0) is 24.4. The van der Waals surface area contributed by atoms with Crippen LogP contribution in [0.25, 0.3) is 38.2 Å². The van der Waals surface area contributed by atoms with Crippen LogP contribution in [0.2, 0.25) is 0 Å². The van der Waals surface area contributed by atoms with E-state index in [1.165, 1.54) is 18.2 Å². The molecule has 35 heavy (non-hydrogen) atoms. The smallest absolute Gasteiger partial charge is 0.280 e. The second-order valence-corrected chi connectivity index (χ2v) is 8.79. The summed E-state index contributed by atoms with van der Waals surface area (Å²) in [4.78, 5) is 28.1. The maximum Gasteiger partial charge on any atom is 0.280 e. The molecule has 0 saturated heterocycles. The molecular weight excluding hydrogens is 462 g/mol. The quantitative estimate of drug-likeness (QED) is 0.159. The Bertz CT molecular complexity index is 1570. The van der Waals surface area contributed by atoms with Crippen LogP contribution in [0, 0.1) is 17.0 Å². The van der Waals surface area contributed by atoms with Crippen LogP contribution in [0.15, 0.2) is 89.4 Å². The van der Waals surface area contributed by atoms with Crippen molar-refractivity contribution < 1.29 is 14.1 Å². The monoisotopic (exact) mass is 481 g/mol. The van der Waals surface area contributed by atoms with Crippen molar-refractivity contribution in [3.8, 4) is 21.9 Å². The summed E-state index contributed by atoms with van der Waals surface area (Å²) >= 11 is 1.61. The van der Waals surface area contributed by atoms with Crippen molar-refractivity contribution in [1.82, 2.24) is 4.98 Å². The third-order valence-corrected chi connectivity index (χ3v) is 6.58. The molecule has 0 unspecified atom stereocenters. The molecule has 0 saturated carbocycles. The van der Waals surface area contributed by atoms with Crippen molar-refractivity contribution in [3.05, 3.63) is 106 Å². The van der Waals surface area contributed by atoms with Gasteiger partial charge in [-0.05, 0) is 55.0 Å². The lowest BCUT2D eigenvalue weighted by Crippen LogP contribution is -2.09. The number of anilines is 1. The van der Waals surface area contributed by atoms with Gasteiger partial charge in [0.05, 0.1) is 20.7 Å². The number of rotatable bonds is 6. The first-order valence-electron chi connectivity index (χ1n) is 10.8. The Hall–Kier alpha value is -4.56. The number of para-hydroxylation sites is 2. The van der Waals surface area contributed by atoms with E-state index in [-0.39, 0.29) is 11.6 Å². The van der Waals surface area contributed by atoms with E-state index < -0.39 is 4.92 Å². The van der Waals surface area contributed by atoms with Crippen LogP contribution in [0.1, 0.15) is 11.3 Å². The van der Waals surface area contributed by atoms with Gasteiger partial charge in [0.1, 0.15) is 16.5 Å². The van der Waals surface area contributed by atoms with Gasteiger partial charge in [-0.2, -0.15) is 0 Å². The molecule has 0 radical (unpaired) electrons. The van der Waals surface area contributed by atoms with E-state index in [9.17, 15) is 14.9 Å². The number of thiazole rings is 1. The Morgan fingerprint density at radius 2 is 1.77 bits per heavy atom. The van der Waals surface area contributed by atoms with Gasteiger partial charge in [-0.1, -0.05) is 36.4 Å². The van der Waals surface area contributed by atoms with E-state index in [0.29, 0.717) is 22.8 Å². The number of fused-ring (bicyclic) bond motifs is 1. The minimum Gasteiger partial charge on any atom is -0.456 e. The number of hydrogen-bond donors (Lipinski definition) is 1. The van der Waals surface area contributed by atoms with Gasteiger partial charge in [0, 0.05) is 23.4 Å². The molecule has 8 heteroatoms. The van der Waals surface area contributed by atoms with E-state index >= 15 is 0 Å². The summed E-state index contributed by atoms with van der Waals surface area (Å²) in [5, 5.41) is 15.1. The molecule has 0 spiro atoms. The topological polar surface area (TPSA) is 98.3 Å². The van der Waals surface area contributed by atoms with E-state index in [2.05, 4.69) is 5.32 Å². The normalized spacial score (nSPS) is 11.2. The molecule has 5 aromatic rings. The first kappa shape index (κ1) is 22.2. The number of benzene rings is 3. The number of amides is 1. The molecule has 2 heterocycles. The molecule has 0 aliphatic heterocycles. The summed E-state index contributed by atoms with van der Waals surface area (Å²) in [7, 11) is 0. The third kappa shape index (κ3) is 4.60. The minimum absolute atomic E-state index is 0.0430. The largest absolute Gasteiger partial charge is 0.456 e. The lowest BCUT2D eigenvalue weighted by Gasteiger charge is -2.10. The van der Waals surface area contributed by atoms with Crippen LogP contribution in [-0.2, 0) is 4.79 Å². The van der Waals surface area contributed by atoms with Gasteiger partial charge >= 0.3 is 0 Å². The number of carbonyl (C=O) groups excluding carboxylic acids is 1. The lowest BCUT2D eigenvalue weighted by atomic mass is 10.1. The molecule has 2 aromatic heterocycles. The molecule has 1 N–H and O–H groups in total. The summed E-state index contributed by atoms with van der Waals surface area (Å²) in [6.45, 7) is 1.95. The SMILES string of the molecule is Cc1c(NC(=O)/C=C/c2ccc(-c3ccccc3[N+](=O)[O-])o2)cccc1-c1nc2ccccc2s1. The molecule has 7 nitrogen and oxygen atoms in total. The molecule has 1 amide bonds. The van der Waals surface area contributed by atoms with Gasteiger partial charge in [-0.3, -0.25) is 14.9 Å². The summed E-state index contributed by atoms with van der Waals surface area (Å²) < 4.78 is 6.82. The van der Waals surface area contributed by atoms with Gasteiger partial charge in [0.2, 0.25) is 5.91 Å². The molecule has 0 fully saturated rings. The van der Waals surface area contributed by atoms with E-state index in [0.717, 1.165) is 26.4 Å². The summed E-state index contributed by atoms with van der Waals surface area (Å²) in [5.74, 6) is 0.447. The van der Waals surface area contributed by atoms with Crippen LogP contribution < -0.4 is 5.32 Å². The second-order valence-electron chi connectivity index (χ2n) is 7.76. The Balaban J connectivity index is 1.33. The van der Waals surface area contributed by atoms with Crippen molar-refractivity contribution >= 4 is 44.9 Å². The summed E-state index contributed by atoms with van der Waals surface area (Å²) in [6, 6.07) is 23.4. The zero-order valence-electron chi connectivity index (χ0n) is 18.6. The average molecular weight is 482 g/mol. The number of nitrogens with zero attached hydrogens (tertiary/aromatic N) is 2. The molecule has 172 valence electrons. The fourth-order valence-corrected chi connectivity index (χ4v) is 4.80. The maximum absolute atomic E-state index is 12.6. The number of nitro groups is 1. The molecule has 0 atom stereocenters. The molecule has 5 rings (SSSR count). The molecule has 0 bridgehead atoms. The van der Waals surface area contributed by atoms with Gasteiger partial charge in [-0.15, -0.1) is 11.3 Å². The fourth-order valence-electron chi connectivity index (χ4n) is 3.75. The molecule has 0 aliphatic carbocycles. The standard InChI is InChI=1S/C27H19N3O4S/c1-17-19(27-29-22-9-3-5-12-25(22)35-27)8-6-10-21(17)28-26(31)16-14-18-13-15-24(34-18)20-7-2-4-11-23(20)30(32)33/h2-16H,1H3,(H,28,31)/b16-14+. The number of nitrogens with one attached hydrogen (secondary N) is 1. The summed E-state index contributed by atoms with van der Waals surface area (Å²) in [5.41, 5.74) is 3.86. The Kier molecular flexibility index (Phi) is 5.95. The predicted molar refractivity (Wildman–Crippen MR) is 138 cm³/mol. The van der Waals surface area contributed by atoms with E-state index in [1.54, 1.807) is 41.7 Å². The van der Waals surface area contributed by atoms with Gasteiger partial charge in [0.25, 0.3) is 5.69 Å². The average Bonchev–Trinajstić information content (AvgIpc) is 3.51. The van der Waals surface area contributed by atoms with Crippen LogP contribution >= 0.6 is 11.3 Å². The van der Waals surface area contributed by atoms with Gasteiger partial charge in [-0.25, -0.2) is 4.98 Å². The number of hydrogen-bond acceptors (Lipinski definition) is 6. The van der Waals surface area contributed by atoms with Crippen molar-refractivity contribution in [2.45, 2.75) is 6.92 Å². The zero-order valence-corrected chi connectivity index (χ0v) is 19.4. The predicted octanol–water partition coefficient (Wildman–Crippen LogP) is 7.09. The first-order chi connectivity index (χ1) is 17.0. The highest BCUT2D eigenvalue weighted by molar-refractivity contribution is 7.21. The lowest BCUT2D eigenvalue weighted by molar-refractivity contribution is -0.384. The van der Waals surface area contributed by atoms with Crippen LogP contribution in [0.4, 0.5) is 11.4 Å². The second kappa shape index (κ2) is 9.36. The maximum atomic E-state index is 12.6. The van der Waals surface area contributed by atoms with Gasteiger partial charge in [0.15, 0.2) is 0 Å². The highest BCUT2D eigenvalue weighted by atomic mass is 32.1. The Morgan fingerprint density at radius 1 is 1.00 bits per heavy atom. The van der Waals surface area contributed by atoms with E-state index in [4.69, 9.17) is 9.40 Å². The van der Waals surface area contributed by atoms with Crippen LogP contribution in [0.3, 0.4) is 0 Å². The molecular formula is C27H19N3O4S. The van der Waals surface area contributed by atoms with Crippen LogP contribution in [0.5, 0.6) is 0 Å². The van der Waals surface area contributed by atoms with Crippen molar-refractivity contribution in [3.63, 3.8) is 0 Å². The molecule has 0 aliphatic rings. The van der Waals surface area contributed by atoms with Crippen molar-refractivity contribution in [1.29, 1.82) is 0 Å². The van der Waals surface area contributed by atoms with Crippen LogP contribution in [-0.4, -0.2) is 15.8 Å². The number of aromatic nitrogens is 1. The van der Waals surface area contributed by atoms with E-state index in [1.807, 2.05) is 49.4 Å². The number of furan rings is 1. The van der Waals surface area contributed by atoms with Gasteiger partial charge < -0.3 is 9.73 Å². The minimum atomic E-state index is -0.453. The third-order valence-electron chi connectivity index (χ3n) is 5.51. The fraction of sp³-hybridized carbons (Fsp3) is 0.0370. The highest BCUT2D eigenvalue weighted by Gasteiger charge is 2.17. The molecule has 3 aromatic carbocycles. The Morgan fingerprint density at radius 3 is 2.60 bits per heavy atom. The number of carbonyl (C=O) groups is 1. The van der Waals surface area contributed by atoms with Crippen molar-refractivity contribution in [2.24, 2.45) is 0 Å². The summed E-state index contributed by atoms with van der Waals surface area (Å²) in [6.07, 6.45) is 2.89.